The molecule has 3 rings (SSSR count). The quantitative estimate of drug-likeness (QED) is 0.589. The summed E-state index contributed by atoms with van der Waals surface area (Å²) in [6.07, 6.45) is 1.78. The largest absolute Gasteiger partial charge is 0.465 e. The number of fused-ring (bicyclic) bond motifs is 1. The first-order chi connectivity index (χ1) is 12.1. The molecule has 25 heavy (non-hydrogen) atoms. The lowest BCUT2D eigenvalue weighted by molar-refractivity contribution is -0.142. The fourth-order valence-corrected chi connectivity index (χ4v) is 3.76. The SMILES string of the molecule is CCOC(=O)CN1C(=O)C(=Cc2cccc(Cl)c2)Sc2ccccc21. The molecule has 0 saturated carbocycles. The van der Waals surface area contributed by atoms with Gasteiger partial charge in [0.25, 0.3) is 5.91 Å². The van der Waals surface area contributed by atoms with Crippen LogP contribution >= 0.6 is 23.4 Å². The molecule has 1 heterocycles. The van der Waals surface area contributed by atoms with Crippen LogP contribution in [0.4, 0.5) is 5.69 Å². The minimum atomic E-state index is -0.431. The Balaban J connectivity index is 1.97. The third kappa shape index (κ3) is 4.06. The van der Waals surface area contributed by atoms with Crippen LogP contribution in [0.2, 0.25) is 5.02 Å². The fourth-order valence-electron chi connectivity index (χ4n) is 2.50. The molecular formula is C19H16ClNO3S. The van der Waals surface area contributed by atoms with Gasteiger partial charge in [0.15, 0.2) is 0 Å². The number of amides is 1. The van der Waals surface area contributed by atoms with Gasteiger partial charge in [0.05, 0.1) is 17.2 Å². The van der Waals surface area contributed by atoms with Crippen LogP contribution in [0.3, 0.4) is 0 Å². The summed E-state index contributed by atoms with van der Waals surface area (Å²) >= 11 is 7.40. The van der Waals surface area contributed by atoms with Gasteiger partial charge >= 0.3 is 5.97 Å². The maximum absolute atomic E-state index is 12.9. The van der Waals surface area contributed by atoms with Crippen LogP contribution in [0.1, 0.15) is 12.5 Å². The predicted octanol–water partition coefficient (Wildman–Crippen LogP) is 4.38. The second-order valence-corrected chi connectivity index (χ2v) is 6.85. The highest BCUT2D eigenvalue weighted by Crippen LogP contribution is 2.42. The lowest BCUT2D eigenvalue weighted by Crippen LogP contribution is -2.39. The first-order valence-electron chi connectivity index (χ1n) is 7.80. The molecule has 0 fully saturated rings. The average molecular weight is 374 g/mol. The molecule has 0 N–H and O–H groups in total. The maximum atomic E-state index is 12.9. The van der Waals surface area contributed by atoms with Crippen LogP contribution in [-0.4, -0.2) is 25.0 Å². The molecule has 6 heteroatoms. The molecule has 1 aliphatic heterocycles. The Bertz CT molecular complexity index is 850. The summed E-state index contributed by atoms with van der Waals surface area (Å²) in [5.74, 6) is -0.656. The number of ether oxygens (including phenoxy) is 1. The van der Waals surface area contributed by atoms with Gasteiger partial charge in [-0.25, -0.2) is 0 Å². The van der Waals surface area contributed by atoms with Crippen LogP contribution in [0.15, 0.2) is 58.3 Å². The molecule has 1 aliphatic rings. The minimum absolute atomic E-state index is 0.114. The number of halogens is 1. The van der Waals surface area contributed by atoms with Crippen molar-refractivity contribution in [3.8, 4) is 0 Å². The Kier molecular flexibility index (Phi) is 5.46. The van der Waals surface area contributed by atoms with Crippen molar-refractivity contribution in [2.75, 3.05) is 18.1 Å². The zero-order valence-electron chi connectivity index (χ0n) is 13.6. The number of anilines is 1. The number of rotatable bonds is 4. The van der Waals surface area contributed by atoms with Gasteiger partial charge in [0.2, 0.25) is 0 Å². The van der Waals surface area contributed by atoms with Gasteiger partial charge in [0.1, 0.15) is 6.54 Å². The molecule has 0 spiro atoms. The highest BCUT2D eigenvalue weighted by atomic mass is 35.5. The number of para-hydroxylation sites is 1. The first kappa shape index (κ1) is 17.6. The highest BCUT2D eigenvalue weighted by molar-refractivity contribution is 8.04. The summed E-state index contributed by atoms with van der Waals surface area (Å²) in [6.45, 7) is 1.91. The van der Waals surface area contributed by atoms with Crippen molar-refractivity contribution in [1.29, 1.82) is 0 Å². The fraction of sp³-hybridized carbons (Fsp3) is 0.158. The van der Waals surface area contributed by atoms with E-state index in [1.165, 1.54) is 16.7 Å². The Morgan fingerprint density at radius 2 is 2.04 bits per heavy atom. The number of carbonyl (C=O) groups is 2. The van der Waals surface area contributed by atoms with Crippen LogP contribution in [-0.2, 0) is 14.3 Å². The number of hydrogen-bond donors (Lipinski definition) is 0. The molecule has 4 nitrogen and oxygen atoms in total. The molecule has 128 valence electrons. The number of thioether (sulfide) groups is 1. The molecule has 0 atom stereocenters. The second kappa shape index (κ2) is 7.76. The third-order valence-electron chi connectivity index (χ3n) is 3.57. The summed E-state index contributed by atoms with van der Waals surface area (Å²) in [7, 11) is 0. The molecule has 0 aliphatic carbocycles. The second-order valence-electron chi connectivity index (χ2n) is 5.33. The molecule has 0 bridgehead atoms. The third-order valence-corrected chi connectivity index (χ3v) is 4.88. The molecule has 2 aromatic carbocycles. The van der Waals surface area contributed by atoms with Crippen molar-refractivity contribution in [2.24, 2.45) is 0 Å². The molecule has 0 unspecified atom stereocenters. The standard InChI is InChI=1S/C19H16ClNO3S/c1-2-24-18(22)12-21-15-8-3-4-9-16(15)25-17(19(21)23)11-13-6-5-7-14(20)10-13/h3-11H,2,12H2,1H3. The Hall–Kier alpha value is -2.24. The molecular weight excluding hydrogens is 358 g/mol. The van der Waals surface area contributed by atoms with Crippen molar-refractivity contribution < 1.29 is 14.3 Å². The van der Waals surface area contributed by atoms with E-state index in [-0.39, 0.29) is 19.1 Å². The van der Waals surface area contributed by atoms with Crippen molar-refractivity contribution in [3.63, 3.8) is 0 Å². The molecule has 0 radical (unpaired) electrons. The lowest BCUT2D eigenvalue weighted by atomic mass is 10.2. The number of esters is 1. The number of hydrogen-bond acceptors (Lipinski definition) is 4. The van der Waals surface area contributed by atoms with E-state index in [2.05, 4.69) is 0 Å². The van der Waals surface area contributed by atoms with E-state index in [0.717, 1.165) is 10.5 Å². The maximum Gasteiger partial charge on any atom is 0.326 e. The molecule has 1 amide bonds. The average Bonchev–Trinajstić information content (AvgIpc) is 2.59. The summed E-state index contributed by atoms with van der Waals surface area (Å²) in [5, 5.41) is 0.603. The van der Waals surface area contributed by atoms with Crippen LogP contribution in [0, 0.1) is 0 Å². The van der Waals surface area contributed by atoms with Crippen LogP contribution in [0.25, 0.3) is 6.08 Å². The topological polar surface area (TPSA) is 46.6 Å². The highest BCUT2D eigenvalue weighted by Gasteiger charge is 2.30. The summed E-state index contributed by atoms with van der Waals surface area (Å²) in [4.78, 5) is 27.7. The van der Waals surface area contributed by atoms with Gasteiger partial charge in [-0.05, 0) is 42.8 Å². The molecule has 2 aromatic rings. The summed E-state index contributed by atoms with van der Waals surface area (Å²) in [5.41, 5.74) is 1.55. The van der Waals surface area contributed by atoms with Gasteiger partial charge in [-0.15, -0.1) is 0 Å². The first-order valence-corrected chi connectivity index (χ1v) is 8.99. The van der Waals surface area contributed by atoms with Gasteiger partial charge in [-0.1, -0.05) is 47.6 Å². The van der Waals surface area contributed by atoms with Crippen molar-refractivity contribution in [1.82, 2.24) is 0 Å². The van der Waals surface area contributed by atoms with Crippen LogP contribution in [0.5, 0.6) is 0 Å². The van der Waals surface area contributed by atoms with E-state index in [1.807, 2.05) is 36.4 Å². The number of carbonyl (C=O) groups excluding carboxylic acids is 2. The van der Waals surface area contributed by atoms with E-state index in [9.17, 15) is 9.59 Å². The number of nitrogens with zero attached hydrogens (tertiary/aromatic N) is 1. The van der Waals surface area contributed by atoms with Crippen molar-refractivity contribution in [2.45, 2.75) is 11.8 Å². The Morgan fingerprint density at radius 1 is 1.24 bits per heavy atom. The van der Waals surface area contributed by atoms with E-state index in [4.69, 9.17) is 16.3 Å². The Labute approximate surface area is 155 Å². The van der Waals surface area contributed by atoms with Crippen molar-refractivity contribution in [3.05, 3.63) is 64.0 Å². The van der Waals surface area contributed by atoms with E-state index in [1.54, 1.807) is 25.1 Å². The lowest BCUT2D eigenvalue weighted by Gasteiger charge is -2.29. The van der Waals surface area contributed by atoms with Crippen LogP contribution < -0.4 is 4.90 Å². The van der Waals surface area contributed by atoms with Gasteiger partial charge < -0.3 is 4.74 Å². The molecule has 0 saturated heterocycles. The zero-order chi connectivity index (χ0) is 17.8. The van der Waals surface area contributed by atoms with Crippen molar-refractivity contribution >= 4 is 47.0 Å². The van der Waals surface area contributed by atoms with Gasteiger partial charge in [0, 0.05) is 9.92 Å². The zero-order valence-corrected chi connectivity index (χ0v) is 15.1. The van der Waals surface area contributed by atoms with E-state index >= 15 is 0 Å². The van der Waals surface area contributed by atoms with E-state index < -0.39 is 5.97 Å². The summed E-state index contributed by atoms with van der Waals surface area (Å²) in [6, 6.07) is 14.8. The van der Waals surface area contributed by atoms with Gasteiger partial charge in [-0.2, -0.15) is 0 Å². The van der Waals surface area contributed by atoms with Gasteiger partial charge in [-0.3, -0.25) is 14.5 Å². The monoisotopic (exact) mass is 373 g/mol. The predicted molar refractivity (Wildman–Crippen MR) is 101 cm³/mol. The van der Waals surface area contributed by atoms with E-state index in [0.29, 0.717) is 15.6 Å². The normalized spacial score (nSPS) is 15.2. The summed E-state index contributed by atoms with van der Waals surface area (Å²) < 4.78 is 5.00. The number of benzene rings is 2. The molecule has 0 aromatic heterocycles. The minimum Gasteiger partial charge on any atom is -0.465 e. The smallest absolute Gasteiger partial charge is 0.326 e. The Morgan fingerprint density at radius 3 is 2.80 bits per heavy atom.